The molecule has 1 atom stereocenters. The van der Waals surface area contributed by atoms with Gasteiger partial charge in [-0.2, -0.15) is 12.6 Å². The first-order valence-corrected chi connectivity index (χ1v) is 6.73. The van der Waals surface area contributed by atoms with Crippen LogP contribution in [0.3, 0.4) is 0 Å². The van der Waals surface area contributed by atoms with Crippen molar-refractivity contribution in [1.29, 1.82) is 0 Å². The van der Waals surface area contributed by atoms with Crippen LogP contribution in [0.2, 0.25) is 0 Å². The molecule has 0 spiro atoms. The van der Waals surface area contributed by atoms with Crippen LogP contribution >= 0.6 is 12.6 Å². The average Bonchev–Trinajstić information content (AvgIpc) is 2.44. The molecule has 2 nitrogen and oxygen atoms in total. The molecule has 1 saturated carbocycles. The second-order valence-electron chi connectivity index (χ2n) is 5.01. The molecule has 1 heterocycles. The van der Waals surface area contributed by atoms with E-state index in [0.29, 0.717) is 12.3 Å². The van der Waals surface area contributed by atoms with E-state index < -0.39 is 0 Å². The second kappa shape index (κ2) is 5.24. The third kappa shape index (κ3) is 3.13. The summed E-state index contributed by atoms with van der Waals surface area (Å²) >= 11 is 4.39. The van der Waals surface area contributed by atoms with Crippen molar-refractivity contribution >= 4 is 18.5 Å². The second-order valence-corrected chi connectivity index (χ2v) is 5.74. The lowest BCUT2D eigenvalue weighted by molar-refractivity contribution is -0.128. The van der Waals surface area contributed by atoms with Crippen LogP contribution in [-0.4, -0.2) is 29.1 Å². The molecule has 0 radical (unpaired) electrons. The van der Waals surface area contributed by atoms with Crippen LogP contribution in [0.25, 0.3) is 0 Å². The van der Waals surface area contributed by atoms with Crippen LogP contribution in [0.5, 0.6) is 0 Å². The van der Waals surface area contributed by atoms with Gasteiger partial charge in [-0.15, -0.1) is 0 Å². The molecule has 1 unspecified atom stereocenters. The molecule has 2 fully saturated rings. The molecule has 1 amide bonds. The van der Waals surface area contributed by atoms with Gasteiger partial charge in [0.05, 0.1) is 0 Å². The van der Waals surface area contributed by atoms with Crippen LogP contribution in [-0.2, 0) is 4.79 Å². The minimum Gasteiger partial charge on any atom is -0.341 e. The van der Waals surface area contributed by atoms with Crippen molar-refractivity contribution in [1.82, 2.24) is 4.90 Å². The third-order valence-corrected chi connectivity index (χ3v) is 3.99. The van der Waals surface area contributed by atoms with E-state index in [4.69, 9.17) is 0 Å². The Morgan fingerprint density at radius 1 is 1.20 bits per heavy atom. The molecule has 2 rings (SSSR count). The maximum absolute atomic E-state index is 11.6. The van der Waals surface area contributed by atoms with Crippen molar-refractivity contribution in [2.24, 2.45) is 5.92 Å². The van der Waals surface area contributed by atoms with E-state index in [-0.39, 0.29) is 5.25 Å². The quantitative estimate of drug-likeness (QED) is 0.567. The fourth-order valence-electron chi connectivity index (χ4n) is 2.79. The van der Waals surface area contributed by atoms with Crippen LogP contribution in [0.1, 0.15) is 44.9 Å². The van der Waals surface area contributed by atoms with Gasteiger partial charge >= 0.3 is 0 Å². The Morgan fingerprint density at radius 2 is 1.87 bits per heavy atom. The van der Waals surface area contributed by atoms with Gasteiger partial charge < -0.3 is 4.90 Å². The molecular weight excluding hydrogens is 206 g/mol. The van der Waals surface area contributed by atoms with E-state index in [1.807, 2.05) is 4.90 Å². The summed E-state index contributed by atoms with van der Waals surface area (Å²) in [7, 11) is 0. The minimum atomic E-state index is 0.281. The summed E-state index contributed by atoms with van der Waals surface area (Å²) in [6.45, 7) is 1.87. The summed E-state index contributed by atoms with van der Waals surface area (Å²) in [4.78, 5) is 13.7. The van der Waals surface area contributed by atoms with Crippen LogP contribution < -0.4 is 0 Å². The summed E-state index contributed by atoms with van der Waals surface area (Å²) in [5.74, 6) is 1.08. The molecule has 0 N–H and O–H groups in total. The maximum atomic E-state index is 11.6. The van der Waals surface area contributed by atoms with E-state index in [1.165, 1.54) is 38.5 Å². The maximum Gasteiger partial charge on any atom is 0.223 e. The highest BCUT2D eigenvalue weighted by Gasteiger charge is 2.28. The Bertz CT molecular complexity index is 224. The number of hydrogen-bond donors (Lipinski definition) is 1. The van der Waals surface area contributed by atoms with Gasteiger partial charge in [0.1, 0.15) is 0 Å². The van der Waals surface area contributed by atoms with Crippen LogP contribution in [0, 0.1) is 5.92 Å². The van der Waals surface area contributed by atoms with Crippen molar-refractivity contribution in [3.8, 4) is 0 Å². The van der Waals surface area contributed by atoms with Crippen molar-refractivity contribution in [2.75, 3.05) is 13.1 Å². The lowest BCUT2D eigenvalue weighted by Gasteiger charge is -2.22. The monoisotopic (exact) mass is 227 g/mol. The Kier molecular flexibility index (Phi) is 3.95. The van der Waals surface area contributed by atoms with Crippen LogP contribution in [0.15, 0.2) is 0 Å². The van der Waals surface area contributed by atoms with E-state index in [1.54, 1.807) is 0 Å². The first-order valence-electron chi connectivity index (χ1n) is 6.21. The van der Waals surface area contributed by atoms with Gasteiger partial charge in [-0.1, -0.05) is 25.7 Å². The predicted molar refractivity (Wildman–Crippen MR) is 65.2 cm³/mol. The van der Waals surface area contributed by atoms with E-state index >= 15 is 0 Å². The Labute approximate surface area is 97.8 Å². The van der Waals surface area contributed by atoms with Gasteiger partial charge in [0.2, 0.25) is 5.91 Å². The highest BCUT2D eigenvalue weighted by molar-refractivity contribution is 7.81. The molecule has 86 valence electrons. The normalized spacial score (nSPS) is 29.5. The Hall–Kier alpha value is -0.180. The molecular formula is C12H21NOS. The molecule has 1 aliphatic carbocycles. The number of rotatable bonds is 2. The smallest absolute Gasteiger partial charge is 0.223 e. The summed E-state index contributed by atoms with van der Waals surface area (Å²) in [5.41, 5.74) is 0. The van der Waals surface area contributed by atoms with Gasteiger partial charge in [0.25, 0.3) is 0 Å². The van der Waals surface area contributed by atoms with Gasteiger partial charge in [0, 0.05) is 24.8 Å². The first kappa shape index (κ1) is 11.3. The minimum absolute atomic E-state index is 0.281. The lowest BCUT2D eigenvalue weighted by Crippen LogP contribution is -2.31. The Balaban J connectivity index is 1.82. The van der Waals surface area contributed by atoms with Gasteiger partial charge in [-0.05, 0) is 18.8 Å². The van der Waals surface area contributed by atoms with Crippen LogP contribution in [0.4, 0.5) is 0 Å². The summed E-state index contributed by atoms with van der Waals surface area (Å²) in [6, 6.07) is 0. The number of amides is 1. The zero-order valence-corrected chi connectivity index (χ0v) is 10.2. The molecule has 0 aromatic rings. The zero-order valence-electron chi connectivity index (χ0n) is 9.32. The van der Waals surface area contributed by atoms with E-state index in [9.17, 15) is 4.79 Å². The van der Waals surface area contributed by atoms with E-state index in [2.05, 4.69) is 12.6 Å². The standard InChI is InChI=1S/C12H21NOS/c14-12-7-11(15)9-13(12)8-10-5-3-1-2-4-6-10/h10-11,15H,1-9H2. The third-order valence-electron chi connectivity index (χ3n) is 3.65. The SMILES string of the molecule is O=C1CC(S)CN1CC1CCCCCC1. The fraction of sp³-hybridized carbons (Fsp3) is 0.917. The Morgan fingerprint density at radius 3 is 2.40 bits per heavy atom. The first-order chi connectivity index (χ1) is 7.25. The van der Waals surface area contributed by atoms with Gasteiger partial charge in [-0.3, -0.25) is 4.79 Å². The summed E-state index contributed by atoms with van der Waals surface area (Å²) < 4.78 is 0. The largest absolute Gasteiger partial charge is 0.341 e. The topological polar surface area (TPSA) is 20.3 Å². The molecule has 0 aromatic carbocycles. The summed E-state index contributed by atoms with van der Waals surface area (Å²) in [6.07, 6.45) is 8.78. The number of hydrogen-bond acceptors (Lipinski definition) is 2. The molecule has 15 heavy (non-hydrogen) atoms. The highest BCUT2D eigenvalue weighted by atomic mass is 32.1. The average molecular weight is 227 g/mol. The number of carbonyl (C=O) groups excluding carboxylic acids is 1. The number of likely N-dealkylation sites (tertiary alicyclic amines) is 1. The zero-order chi connectivity index (χ0) is 10.7. The van der Waals surface area contributed by atoms with Crippen molar-refractivity contribution in [2.45, 2.75) is 50.2 Å². The molecule has 0 bridgehead atoms. The van der Waals surface area contributed by atoms with E-state index in [0.717, 1.165) is 19.0 Å². The number of carbonyl (C=O) groups is 1. The molecule has 1 saturated heterocycles. The van der Waals surface area contributed by atoms with Crippen molar-refractivity contribution in [3.63, 3.8) is 0 Å². The number of thiol groups is 1. The molecule has 0 aromatic heterocycles. The van der Waals surface area contributed by atoms with Crippen molar-refractivity contribution < 1.29 is 4.79 Å². The lowest BCUT2D eigenvalue weighted by atomic mass is 10.00. The number of nitrogens with zero attached hydrogens (tertiary/aromatic N) is 1. The summed E-state index contributed by atoms with van der Waals surface area (Å²) in [5, 5.41) is 0.281. The highest BCUT2D eigenvalue weighted by Crippen LogP contribution is 2.26. The molecule has 2 aliphatic rings. The van der Waals surface area contributed by atoms with Gasteiger partial charge in [-0.25, -0.2) is 0 Å². The molecule has 3 heteroatoms. The van der Waals surface area contributed by atoms with Gasteiger partial charge in [0.15, 0.2) is 0 Å². The molecule has 1 aliphatic heterocycles. The van der Waals surface area contributed by atoms with Crippen molar-refractivity contribution in [3.05, 3.63) is 0 Å². The fourth-order valence-corrected chi connectivity index (χ4v) is 3.14. The predicted octanol–water partition coefficient (Wildman–Crippen LogP) is 2.49.